The van der Waals surface area contributed by atoms with Gasteiger partial charge in [-0.3, -0.25) is 9.05 Å². The number of phosphoric acid groups is 1. The van der Waals surface area contributed by atoms with Crippen molar-refractivity contribution in [3.63, 3.8) is 0 Å². The molecule has 0 bridgehead atoms. The van der Waals surface area contributed by atoms with Crippen molar-refractivity contribution in [2.24, 2.45) is 0 Å². The first-order valence-corrected chi connectivity index (χ1v) is 9.01. The predicted molar refractivity (Wildman–Crippen MR) is 93.1 cm³/mol. The van der Waals surface area contributed by atoms with Crippen LogP contribution >= 0.6 is 7.82 Å². The van der Waals surface area contributed by atoms with Crippen molar-refractivity contribution >= 4 is 19.9 Å². The number of hydrogen-bond acceptors (Lipinski definition) is 6. The van der Waals surface area contributed by atoms with Gasteiger partial charge in [0.2, 0.25) is 0 Å². The van der Waals surface area contributed by atoms with E-state index in [4.69, 9.17) is 18.3 Å². The van der Waals surface area contributed by atoms with E-state index in [1.54, 1.807) is 19.1 Å². The molecule has 134 valence electrons. The maximum Gasteiger partial charge on any atom is 0.529 e. The minimum Gasteiger partial charge on any atom is -0.463 e. The van der Waals surface area contributed by atoms with Gasteiger partial charge in [0.25, 0.3) is 0 Å². The fourth-order valence-electron chi connectivity index (χ4n) is 1.84. The highest BCUT2D eigenvalue weighted by Crippen LogP contribution is 2.49. The predicted octanol–water partition coefficient (Wildman–Crippen LogP) is 4.34. The summed E-state index contributed by atoms with van der Waals surface area (Å²) in [5, 5.41) is 0. The van der Waals surface area contributed by atoms with Gasteiger partial charge in [-0.05, 0) is 30.0 Å². The van der Waals surface area contributed by atoms with Gasteiger partial charge in [-0.1, -0.05) is 32.9 Å². The number of hydrogen-bond donors (Lipinski definition) is 0. The molecule has 0 amide bonds. The number of carbonyl (C=O) groups is 1. The molecular weight excluding hydrogens is 331 g/mol. The van der Waals surface area contributed by atoms with Crippen LogP contribution in [-0.4, -0.2) is 26.8 Å². The zero-order valence-corrected chi connectivity index (χ0v) is 15.9. The molecule has 0 aliphatic heterocycles. The van der Waals surface area contributed by atoms with Gasteiger partial charge in [-0.2, -0.15) is 0 Å². The van der Waals surface area contributed by atoms with E-state index in [2.05, 4.69) is 0 Å². The zero-order valence-electron chi connectivity index (χ0n) is 15.0. The summed E-state index contributed by atoms with van der Waals surface area (Å²) in [6.45, 7) is 8.16. The molecule has 0 aliphatic carbocycles. The molecule has 0 aliphatic rings. The SMILES string of the molecule is CCOC(=O)/C=C/c1ccc(C(C)(C)C)cc1OP(=O)(OC)OC. The van der Waals surface area contributed by atoms with Crippen LogP contribution in [0.3, 0.4) is 0 Å². The summed E-state index contributed by atoms with van der Waals surface area (Å²) in [5.41, 5.74) is 1.40. The van der Waals surface area contributed by atoms with Gasteiger partial charge in [-0.15, -0.1) is 0 Å². The van der Waals surface area contributed by atoms with Gasteiger partial charge in [0.05, 0.1) is 6.61 Å². The summed E-state index contributed by atoms with van der Waals surface area (Å²) in [6, 6.07) is 5.46. The topological polar surface area (TPSA) is 71.1 Å². The van der Waals surface area contributed by atoms with Gasteiger partial charge in [0.1, 0.15) is 5.75 Å². The molecule has 1 aromatic carbocycles. The number of ether oxygens (including phenoxy) is 1. The molecule has 0 spiro atoms. The lowest BCUT2D eigenvalue weighted by Gasteiger charge is -2.22. The highest BCUT2D eigenvalue weighted by molar-refractivity contribution is 7.48. The molecular formula is C17H25O6P. The standard InChI is InChI=1S/C17H25O6P/c1-7-22-16(18)11-9-13-8-10-14(17(2,3)4)12-15(13)23-24(19,20-5)21-6/h8-12H,7H2,1-6H3/b11-9+. The van der Waals surface area contributed by atoms with Crippen molar-refractivity contribution in [2.45, 2.75) is 33.1 Å². The van der Waals surface area contributed by atoms with Crippen molar-refractivity contribution < 1.29 is 27.7 Å². The third-order valence-corrected chi connectivity index (χ3v) is 4.54. The third kappa shape index (κ3) is 5.78. The van der Waals surface area contributed by atoms with Crippen LogP contribution in [0.15, 0.2) is 24.3 Å². The summed E-state index contributed by atoms with van der Waals surface area (Å²) in [6.07, 6.45) is 2.82. The van der Waals surface area contributed by atoms with Crippen molar-refractivity contribution in [3.8, 4) is 5.75 Å². The summed E-state index contributed by atoms with van der Waals surface area (Å²) >= 11 is 0. The Balaban J connectivity index is 3.27. The Kier molecular flexibility index (Phi) is 7.21. The van der Waals surface area contributed by atoms with Gasteiger partial charge < -0.3 is 9.26 Å². The monoisotopic (exact) mass is 356 g/mol. The van der Waals surface area contributed by atoms with E-state index >= 15 is 0 Å². The average Bonchev–Trinajstić information content (AvgIpc) is 2.52. The van der Waals surface area contributed by atoms with Crippen LogP contribution < -0.4 is 4.52 Å². The van der Waals surface area contributed by atoms with E-state index in [0.29, 0.717) is 11.3 Å². The first-order chi connectivity index (χ1) is 11.1. The summed E-state index contributed by atoms with van der Waals surface area (Å²) in [7, 11) is -1.23. The Labute approximate surface area is 143 Å². The minimum absolute atomic E-state index is 0.133. The molecule has 7 heteroatoms. The highest BCUT2D eigenvalue weighted by atomic mass is 31.2. The van der Waals surface area contributed by atoms with Crippen LogP contribution in [-0.2, 0) is 28.6 Å². The van der Waals surface area contributed by atoms with Gasteiger partial charge in [0.15, 0.2) is 0 Å². The van der Waals surface area contributed by atoms with Crippen LogP contribution in [0, 0.1) is 0 Å². The summed E-state index contributed by atoms with van der Waals surface area (Å²) in [4.78, 5) is 11.5. The van der Waals surface area contributed by atoms with E-state index < -0.39 is 13.8 Å². The lowest BCUT2D eigenvalue weighted by molar-refractivity contribution is -0.137. The number of rotatable bonds is 7. The maximum atomic E-state index is 12.3. The number of phosphoric ester groups is 1. The van der Waals surface area contributed by atoms with E-state index in [0.717, 1.165) is 5.56 Å². The molecule has 0 heterocycles. The quantitative estimate of drug-likeness (QED) is 0.411. The van der Waals surface area contributed by atoms with Gasteiger partial charge in [-0.25, -0.2) is 9.36 Å². The Hall–Kier alpha value is -1.62. The largest absolute Gasteiger partial charge is 0.529 e. The maximum absolute atomic E-state index is 12.3. The number of benzene rings is 1. The Morgan fingerprint density at radius 3 is 2.33 bits per heavy atom. The molecule has 0 aromatic heterocycles. The second kappa shape index (κ2) is 8.47. The van der Waals surface area contributed by atoms with E-state index in [-0.39, 0.29) is 12.0 Å². The number of carbonyl (C=O) groups excluding carboxylic acids is 1. The Bertz CT molecular complexity index is 637. The van der Waals surface area contributed by atoms with Crippen LogP contribution in [0.1, 0.15) is 38.8 Å². The lowest BCUT2D eigenvalue weighted by atomic mass is 9.86. The first-order valence-electron chi connectivity index (χ1n) is 7.55. The van der Waals surface area contributed by atoms with Crippen molar-refractivity contribution in [1.82, 2.24) is 0 Å². The van der Waals surface area contributed by atoms with E-state index in [1.807, 2.05) is 26.8 Å². The van der Waals surface area contributed by atoms with Crippen molar-refractivity contribution in [1.29, 1.82) is 0 Å². The second-order valence-corrected chi connectivity index (χ2v) is 7.80. The van der Waals surface area contributed by atoms with E-state index in [1.165, 1.54) is 26.4 Å². The molecule has 6 nitrogen and oxygen atoms in total. The smallest absolute Gasteiger partial charge is 0.463 e. The molecule has 1 aromatic rings. The van der Waals surface area contributed by atoms with Gasteiger partial charge >= 0.3 is 13.8 Å². The Morgan fingerprint density at radius 1 is 1.21 bits per heavy atom. The van der Waals surface area contributed by atoms with Crippen molar-refractivity contribution in [2.75, 3.05) is 20.8 Å². The van der Waals surface area contributed by atoms with Crippen LogP contribution in [0.25, 0.3) is 6.08 Å². The molecule has 0 atom stereocenters. The molecule has 0 saturated heterocycles. The molecule has 0 fully saturated rings. The van der Waals surface area contributed by atoms with E-state index in [9.17, 15) is 9.36 Å². The summed E-state index contributed by atoms with van der Waals surface area (Å²) in [5.74, 6) is -0.167. The fraction of sp³-hybridized carbons (Fsp3) is 0.471. The average molecular weight is 356 g/mol. The molecule has 0 unspecified atom stereocenters. The second-order valence-electron chi connectivity index (χ2n) is 5.99. The molecule has 0 radical (unpaired) electrons. The molecule has 1 rings (SSSR count). The molecule has 0 saturated carbocycles. The van der Waals surface area contributed by atoms with Crippen LogP contribution in [0.2, 0.25) is 0 Å². The normalized spacial score (nSPS) is 12.4. The zero-order chi connectivity index (χ0) is 18.4. The summed E-state index contributed by atoms with van der Waals surface area (Å²) < 4.78 is 32.3. The van der Waals surface area contributed by atoms with Crippen LogP contribution in [0.4, 0.5) is 0 Å². The minimum atomic E-state index is -3.71. The fourth-order valence-corrected chi connectivity index (χ4v) is 2.53. The Morgan fingerprint density at radius 2 is 1.83 bits per heavy atom. The van der Waals surface area contributed by atoms with Crippen molar-refractivity contribution in [3.05, 3.63) is 35.4 Å². The molecule has 0 N–H and O–H groups in total. The van der Waals surface area contributed by atoms with Crippen LogP contribution in [0.5, 0.6) is 5.75 Å². The number of esters is 1. The third-order valence-electron chi connectivity index (χ3n) is 3.22. The van der Waals surface area contributed by atoms with Gasteiger partial charge in [0, 0.05) is 25.9 Å². The first kappa shape index (κ1) is 20.4. The lowest BCUT2D eigenvalue weighted by Crippen LogP contribution is -2.11. The highest BCUT2D eigenvalue weighted by Gasteiger charge is 2.27. The molecule has 24 heavy (non-hydrogen) atoms.